The molecule has 0 aromatic heterocycles. The van der Waals surface area contributed by atoms with Crippen molar-refractivity contribution >= 4 is 22.0 Å². The van der Waals surface area contributed by atoms with Gasteiger partial charge in [0.2, 0.25) is 0 Å². The van der Waals surface area contributed by atoms with Crippen LogP contribution >= 0.6 is 15.9 Å². The molecule has 4 nitrogen and oxygen atoms in total. The van der Waals surface area contributed by atoms with Crippen LogP contribution in [0.5, 0.6) is 0 Å². The molecular weight excluding hydrogens is 346 g/mol. The molecule has 2 atom stereocenters. The van der Waals surface area contributed by atoms with Crippen LogP contribution in [-0.2, 0) is 11.2 Å². The van der Waals surface area contributed by atoms with Crippen molar-refractivity contribution in [3.05, 3.63) is 34.3 Å². The lowest BCUT2D eigenvalue weighted by atomic mass is 9.88. The summed E-state index contributed by atoms with van der Waals surface area (Å²) in [6.07, 6.45) is 0.770. The van der Waals surface area contributed by atoms with Crippen molar-refractivity contribution in [2.45, 2.75) is 45.3 Å². The molecule has 0 saturated carbocycles. The highest BCUT2D eigenvalue weighted by molar-refractivity contribution is 9.10. The summed E-state index contributed by atoms with van der Waals surface area (Å²) < 4.78 is 6.42. The van der Waals surface area contributed by atoms with Gasteiger partial charge < -0.3 is 14.7 Å². The number of hydrogen-bond acceptors (Lipinski definition) is 3. The molecule has 22 heavy (non-hydrogen) atoms. The Balaban J connectivity index is 1.90. The average molecular weight is 370 g/mol. The molecule has 1 fully saturated rings. The van der Waals surface area contributed by atoms with E-state index in [2.05, 4.69) is 28.1 Å². The Morgan fingerprint density at radius 3 is 2.55 bits per heavy atom. The van der Waals surface area contributed by atoms with E-state index >= 15 is 0 Å². The maximum absolute atomic E-state index is 12.0. The van der Waals surface area contributed by atoms with E-state index in [1.165, 1.54) is 5.56 Å². The standard InChI is InChI=1S/C17H24BrNO3/c1-17(2,3)22-16(21)19-9-8-13(15(20)11-19)10-12-4-6-14(18)7-5-12/h4-7,13,15,20H,8-11H2,1-3H3/t13-,15+/m1/s1. The Morgan fingerprint density at radius 2 is 2.00 bits per heavy atom. The van der Waals surface area contributed by atoms with Crippen LogP contribution in [0.4, 0.5) is 4.79 Å². The van der Waals surface area contributed by atoms with Crippen LogP contribution in [0.3, 0.4) is 0 Å². The number of carbonyl (C=O) groups excluding carboxylic acids is 1. The Bertz CT molecular complexity index is 510. The van der Waals surface area contributed by atoms with E-state index in [4.69, 9.17) is 4.74 Å². The molecule has 1 aliphatic heterocycles. The van der Waals surface area contributed by atoms with Crippen molar-refractivity contribution in [1.29, 1.82) is 0 Å². The monoisotopic (exact) mass is 369 g/mol. The number of piperidine rings is 1. The summed E-state index contributed by atoms with van der Waals surface area (Å²) in [7, 11) is 0. The van der Waals surface area contributed by atoms with Crippen LogP contribution in [0.2, 0.25) is 0 Å². The van der Waals surface area contributed by atoms with E-state index in [9.17, 15) is 9.90 Å². The zero-order valence-corrected chi connectivity index (χ0v) is 15.0. The van der Waals surface area contributed by atoms with Crippen LogP contribution in [0.25, 0.3) is 0 Å². The largest absolute Gasteiger partial charge is 0.444 e. The molecule has 2 rings (SSSR count). The van der Waals surface area contributed by atoms with E-state index in [-0.39, 0.29) is 12.0 Å². The van der Waals surface area contributed by atoms with Gasteiger partial charge in [-0.2, -0.15) is 0 Å². The molecule has 0 spiro atoms. The number of nitrogens with zero attached hydrogens (tertiary/aromatic N) is 1. The fourth-order valence-electron chi connectivity index (χ4n) is 2.63. The van der Waals surface area contributed by atoms with Gasteiger partial charge in [-0.1, -0.05) is 28.1 Å². The first-order chi connectivity index (χ1) is 10.2. The Kier molecular flexibility index (Phi) is 5.50. The van der Waals surface area contributed by atoms with Gasteiger partial charge in [-0.15, -0.1) is 0 Å². The van der Waals surface area contributed by atoms with Gasteiger partial charge in [0, 0.05) is 11.0 Å². The summed E-state index contributed by atoms with van der Waals surface area (Å²) in [5, 5.41) is 10.3. The lowest BCUT2D eigenvalue weighted by molar-refractivity contribution is -0.0125. The second kappa shape index (κ2) is 7.01. The van der Waals surface area contributed by atoms with Crippen LogP contribution in [0, 0.1) is 5.92 Å². The normalized spacial score (nSPS) is 22.5. The molecule has 1 saturated heterocycles. The zero-order chi connectivity index (χ0) is 16.3. The molecule has 1 aromatic carbocycles. The van der Waals surface area contributed by atoms with E-state index in [1.807, 2.05) is 32.9 Å². The summed E-state index contributed by atoms with van der Waals surface area (Å²) in [6.45, 7) is 6.52. The minimum absolute atomic E-state index is 0.180. The molecule has 0 aliphatic carbocycles. The van der Waals surface area contributed by atoms with Gasteiger partial charge in [-0.3, -0.25) is 0 Å². The lowest BCUT2D eigenvalue weighted by Crippen LogP contribution is -2.48. The summed E-state index contributed by atoms with van der Waals surface area (Å²) in [5.41, 5.74) is 0.703. The molecule has 1 N–H and O–H groups in total. The topological polar surface area (TPSA) is 49.8 Å². The fourth-order valence-corrected chi connectivity index (χ4v) is 2.90. The fraction of sp³-hybridized carbons (Fsp3) is 0.588. The zero-order valence-electron chi connectivity index (χ0n) is 13.4. The van der Waals surface area contributed by atoms with Crippen LogP contribution in [0.1, 0.15) is 32.8 Å². The number of likely N-dealkylation sites (tertiary alicyclic amines) is 1. The van der Waals surface area contributed by atoms with Gasteiger partial charge in [-0.25, -0.2) is 4.79 Å². The Morgan fingerprint density at radius 1 is 1.36 bits per heavy atom. The van der Waals surface area contributed by atoms with Crippen molar-refractivity contribution in [2.24, 2.45) is 5.92 Å². The van der Waals surface area contributed by atoms with E-state index in [1.54, 1.807) is 4.90 Å². The van der Waals surface area contributed by atoms with Gasteiger partial charge >= 0.3 is 6.09 Å². The van der Waals surface area contributed by atoms with Gasteiger partial charge in [0.15, 0.2) is 0 Å². The number of halogens is 1. The lowest BCUT2D eigenvalue weighted by Gasteiger charge is -2.36. The summed E-state index contributed by atoms with van der Waals surface area (Å²) in [4.78, 5) is 13.7. The number of carbonyl (C=O) groups is 1. The van der Waals surface area contributed by atoms with E-state index in [0.717, 1.165) is 17.3 Å². The number of aliphatic hydroxyl groups excluding tert-OH is 1. The van der Waals surface area contributed by atoms with Crippen molar-refractivity contribution in [3.8, 4) is 0 Å². The molecular formula is C17H24BrNO3. The maximum Gasteiger partial charge on any atom is 0.410 e. The molecule has 0 radical (unpaired) electrons. The second-order valence-corrected chi connectivity index (χ2v) is 7.79. The van der Waals surface area contributed by atoms with E-state index in [0.29, 0.717) is 13.1 Å². The molecule has 5 heteroatoms. The van der Waals surface area contributed by atoms with Crippen molar-refractivity contribution in [1.82, 2.24) is 4.90 Å². The molecule has 122 valence electrons. The quantitative estimate of drug-likeness (QED) is 0.865. The SMILES string of the molecule is CC(C)(C)OC(=O)N1CC[C@H](Cc2ccc(Br)cc2)[C@@H](O)C1. The highest BCUT2D eigenvalue weighted by Gasteiger charge is 2.32. The Hall–Kier alpha value is -1.07. The third-order valence-corrected chi connectivity index (χ3v) is 4.31. The molecule has 1 aromatic rings. The third kappa shape index (κ3) is 4.99. The number of hydrogen-bond donors (Lipinski definition) is 1. The van der Waals surface area contributed by atoms with Gasteiger partial charge in [0.05, 0.1) is 12.6 Å². The van der Waals surface area contributed by atoms with Gasteiger partial charge in [-0.05, 0) is 57.2 Å². The first kappa shape index (κ1) is 17.3. The van der Waals surface area contributed by atoms with Gasteiger partial charge in [0.1, 0.15) is 5.60 Å². The second-order valence-electron chi connectivity index (χ2n) is 6.87. The minimum atomic E-state index is -0.509. The Labute approximate surface area is 140 Å². The number of ether oxygens (including phenoxy) is 1. The van der Waals surface area contributed by atoms with Crippen LogP contribution in [0.15, 0.2) is 28.7 Å². The van der Waals surface area contributed by atoms with Gasteiger partial charge in [0.25, 0.3) is 0 Å². The average Bonchev–Trinajstić information content (AvgIpc) is 2.41. The van der Waals surface area contributed by atoms with Crippen molar-refractivity contribution in [3.63, 3.8) is 0 Å². The molecule has 0 unspecified atom stereocenters. The third-order valence-electron chi connectivity index (χ3n) is 3.78. The number of aliphatic hydroxyl groups is 1. The number of amides is 1. The minimum Gasteiger partial charge on any atom is -0.444 e. The first-order valence-corrected chi connectivity index (χ1v) is 8.44. The predicted octanol–water partition coefficient (Wildman–Crippen LogP) is 3.61. The molecule has 1 aliphatic rings. The summed E-state index contributed by atoms with van der Waals surface area (Å²) >= 11 is 3.42. The van der Waals surface area contributed by atoms with Crippen molar-refractivity contribution < 1.29 is 14.6 Å². The smallest absolute Gasteiger partial charge is 0.410 e. The number of β-amino-alcohol motifs (C(OH)–C–C–N with tert-alkyl or cyclic N) is 1. The molecule has 0 bridgehead atoms. The van der Waals surface area contributed by atoms with Crippen LogP contribution in [-0.4, -0.2) is 40.9 Å². The number of rotatable bonds is 2. The highest BCUT2D eigenvalue weighted by Crippen LogP contribution is 2.24. The van der Waals surface area contributed by atoms with Crippen molar-refractivity contribution in [2.75, 3.05) is 13.1 Å². The van der Waals surface area contributed by atoms with Crippen LogP contribution < -0.4 is 0 Å². The predicted molar refractivity (Wildman–Crippen MR) is 89.8 cm³/mol. The molecule has 1 amide bonds. The highest BCUT2D eigenvalue weighted by atomic mass is 79.9. The number of benzene rings is 1. The van der Waals surface area contributed by atoms with E-state index < -0.39 is 11.7 Å². The summed E-state index contributed by atoms with van der Waals surface area (Å²) in [5.74, 6) is 0.180. The summed E-state index contributed by atoms with van der Waals surface area (Å²) in [6, 6.07) is 8.16. The molecule has 1 heterocycles. The maximum atomic E-state index is 12.0. The first-order valence-electron chi connectivity index (χ1n) is 7.65.